The highest BCUT2D eigenvalue weighted by Gasteiger charge is 2.31. The predicted octanol–water partition coefficient (Wildman–Crippen LogP) is 5.14. The first-order valence-corrected chi connectivity index (χ1v) is 8.39. The highest BCUT2D eigenvalue weighted by molar-refractivity contribution is 6.31. The molecule has 3 aromatic rings. The second-order valence-electron chi connectivity index (χ2n) is 6.24. The summed E-state index contributed by atoms with van der Waals surface area (Å²) < 4.78 is 41.1. The Morgan fingerprint density at radius 3 is 2.73 bits per heavy atom. The molecule has 0 spiro atoms. The Labute approximate surface area is 152 Å². The van der Waals surface area contributed by atoms with Crippen LogP contribution in [0.25, 0.3) is 17.1 Å². The van der Waals surface area contributed by atoms with Crippen molar-refractivity contribution >= 4 is 17.3 Å². The van der Waals surface area contributed by atoms with E-state index in [0.717, 1.165) is 23.5 Å². The molecule has 0 amide bonds. The van der Waals surface area contributed by atoms with Gasteiger partial charge in [0.15, 0.2) is 5.82 Å². The minimum absolute atomic E-state index is 0.0215. The van der Waals surface area contributed by atoms with Gasteiger partial charge in [-0.15, -0.1) is 10.2 Å². The molecular weight excluding hydrogens is 365 g/mol. The molecule has 8 heteroatoms. The maximum atomic E-state index is 13.1. The van der Waals surface area contributed by atoms with Gasteiger partial charge in [-0.1, -0.05) is 30.7 Å². The van der Waals surface area contributed by atoms with E-state index in [1.165, 1.54) is 6.07 Å². The SMILES string of the molecule is C[C@H]1CNc2cc(Cl)ccc2-n2c(-c3cccc(C(F)(F)F)c3)nnc21. The lowest BCUT2D eigenvalue weighted by Gasteiger charge is -2.13. The van der Waals surface area contributed by atoms with E-state index < -0.39 is 11.7 Å². The fraction of sp³-hybridized carbons (Fsp3) is 0.222. The molecule has 1 aromatic heterocycles. The Morgan fingerprint density at radius 1 is 1.15 bits per heavy atom. The predicted molar refractivity (Wildman–Crippen MR) is 93.7 cm³/mol. The summed E-state index contributed by atoms with van der Waals surface area (Å²) in [6.07, 6.45) is -4.42. The monoisotopic (exact) mass is 378 g/mol. The molecule has 4 rings (SSSR count). The molecule has 0 saturated heterocycles. The topological polar surface area (TPSA) is 42.7 Å². The van der Waals surface area contributed by atoms with Crippen molar-refractivity contribution in [3.63, 3.8) is 0 Å². The maximum Gasteiger partial charge on any atom is 0.416 e. The van der Waals surface area contributed by atoms with Crippen LogP contribution in [0.15, 0.2) is 42.5 Å². The molecule has 0 saturated carbocycles. The van der Waals surface area contributed by atoms with Crippen LogP contribution < -0.4 is 5.32 Å². The van der Waals surface area contributed by atoms with Gasteiger partial charge in [-0.3, -0.25) is 4.57 Å². The van der Waals surface area contributed by atoms with E-state index in [1.807, 2.05) is 13.0 Å². The van der Waals surface area contributed by atoms with Crippen LogP contribution >= 0.6 is 11.6 Å². The van der Waals surface area contributed by atoms with Gasteiger partial charge in [0.2, 0.25) is 0 Å². The minimum Gasteiger partial charge on any atom is -0.383 e. The molecule has 2 heterocycles. The van der Waals surface area contributed by atoms with Crippen molar-refractivity contribution in [2.45, 2.75) is 19.0 Å². The Kier molecular flexibility index (Phi) is 3.91. The highest BCUT2D eigenvalue weighted by atomic mass is 35.5. The number of aromatic nitrogens is 3. The molecule has 1 atom stereocenters. The van der Waals surface area contributed by atoms with Crippen molar-refractivity contribution in [2.75, 3.05) is 11.9 Å². The van der Waals surface area contributed by atoms with E-state index >= 15 is 0 Å². The van der Waals surface area contributed by atoms with E-state index in [0.29, 0.717) is 28.8 Å². The molecule has 0 unspecified atom stereocenters. The van der Waals surface area contributed by atoms with Crippen molar-refractivity contribution in [2.24, 2.45) is 0 Å². The van der Waals surface area contributed by atoms with Crippen LogP contribution in [0.5, 0.6) is 0 Å². The molecule has 1 N–H and O–H groups in total. The van der Waals surface area contributed by atoms with E-state index in [4.69, 9.17) is 11.6 Å². The number of nitrogens with zero attached hydrogens (tertiary/aromatic N) is 3. The number of nitrogens with one attached hydrogen (secondary N) is 1. The van der Waals surface area contributed by atoms with E-state index in [1.54, 1.807) is 22.8 Å². The third-order valence-corrected chi connectivity index (χ3v) is 4.61. The first-order valence-electron chi connectivity index (χ1n) is 8.01. The summed E-state index contributed by atoms with van der Waals surface area (Å²) in [7, 11) is 0. The summed E-state index contributed by atoms with van der Waals surface area (Å²) in [5, 5.41) is 12.3. The van der Waals surface area contributed by atoms with Gasteiger partial charge in [-0.2, -0.15) is 13.2 Å². The van der Waals surface area contributed by atoms with Gasteiger partial charge < -0.3 is 5.32 Å². The van der Waals surface area contributed by atoms with E-state index in [2.05, 4.69) is 15.5 Å². The van der Waals surface area contributed by atoms with Gasteiger partial charge in [-0.25, -0.2) is 0 Å². The zero-order valence-corrected chi connectivity index (χ0v) is 14.4. The second kappa shape index (κ2) is 6.02. The van der Waals surface area contributed by atoms with Gasteiger partial charge in [0, 0.05) is 23.0 Å². The number of hydrogen-bond donors (Lipinski definition) is 1. The quantitative estimate of drug-likeness (QED) is 0.638. The average molecular weight is 379 g/mol. The summed E-state index contributed by atoms with van der Waals surface area (Å²) in [5.41, 5.74) is 1.18. The van der Waals surface area contributed by atoms with Crippen LogP contribution in [0.3, 0.4) is 0 Å². The highest BCUT2D eigenvalue weighted by Crippen LogP contribution is 2.36. The number of fused-ring (bicyclic) bond motifs is 3. The van der Waals surface area contributed by atoms with Crippen molar-refractivity contribution < 1.29 is 13.2 Å². The van der Waals surface area contributed by atoms with Gasteiger partial charge in [0.25, 0.3) is 0 Å². The first kappa shape index (κ1) is 16.9. The largest absolute Gasteiger partial charge is 0.416 e. The summed E-state index contributed by atoms with van der Waals surface area (Å²) in [6, 6.07) is 10.4. The van der Waals surface area contributed by atoms with Gasteiger partial charge in [-0.05, 0) is 30.3 Å². The lowest BCUT2D eigenvalue weighted by atomic mass is 10.1. The molecular formula is C18H14ClF3N4. The minimum atomic E-state index is -4.42. The lowest BCUT2D eigenvalue weighted by molar-refractivity contribution is -0.137. The van der Waals surface area contributed by atoms with Crippen molar-refractivity contribution in [3.05, 3.63) is 58.9 Å². The third kappa shape index (κ3) is 2.82. The van der Waals surface area contributed by atoms with Crippen LogP contribution in [-0.2, 0) is 6.18 Å². The first-order chi connectivity index (χ1) is 12.3. The fourth-order valence-electron chi connectivity index (χ4n) is 3.07. The van der Waals surface area contributed by atoms with Crippen molar-refractivity contribution in [3.8, 4) is 17.1 Å². The van der Waals surface area contributed by atoms with E-state index in [9.17, 15) is 13.2 Å². The smallest absolute Gasteiger partial charge is 0.383 e. The molecule has 26 heavy (non-hydrogen) atoms. The molecule has 1 aliphatic rings. The zero-order valence-electron chi connectivity index (χ0n) is 13.7. The molecule has 1 aliphatic heterocycles. The van der Waals surface area contributed by atoms with Crippen LogP contribution in [0.4, 0.5) is 18.9 Å². The summed E-state index contributed by atoms with van der Waals surface area (Å²) in [4.78, 5) is 0. The number of anilines is 1. The number of rotatable bonds is 1. The van der Waals surface area contributed by atoms with Gasteiger partial charge in [0.05, 0.1) is 16.9 Å². The Morgan fingerprint density at radius 2 is 1.96 bits per heavy atom. The molecule has 0 aliphatic carbocycles. The Bertz CT molecular complexity index is 981. The van der Waals surface area contributed by atoms with Crippen LogP contribution in [0, 0.1) is 0 Å². The summed E-state index contributed by atoms with van der Waals surface area (Å²) in [5.74, 6) is 1.07. The standard InChI is InChI=1S/C18H14ClF3N4/c1-10-9-23-14-8-13(19)5-6-15(14)26-16(10)24-25-17(26)11-3-2-4-12(7-11)18(20,21)22/h2-8,10,23H,9H2,1H3/t10-/m0/s1. The Hall–Kier alpha value is -2.54. The van der Waals surface area contributed by atoms with Crippen LogP contribution in [0.2, 0.25) is 5.02 Å². The molecule has 0 bridgehead atoms. The van der Waals surface area contributed by atoms with Gasteiger partial charge >= 0.3 is 6.18 Å². The lowest BCUT2D eigenvalue weighted by Crippen LogP contribution is -2.09. The molecule has 2 aromatic carbocycles. The number of alkyl halides is 3. The summed E-state index contributed by atoms with van der Waals surface area (Å²) >= 11 is 6.09. The number of hydrogen-bond acceptors (Lipinski definition) is 3. The maximum absolute atomic E-state index is 13.1. The number of benzene rings is 2. The summed E-state index contributed by atoms with van der Waals surface area (Å²) in [6.45, 7) is 2.60. The molecule has 0 fully saturated rings. The van der Waals surface area contributed by atoms with Gasteiger partial charge in [0.1, 0.15) is 5.82 Å². The molecule has 0 radical (unpaired) electrons. The van der Waals surface area contributed by atoms with Crippen molar-refractivity contribution in [1.82, 2.24) is 14.8 Å². The number of halogens is 4. The second-order valence-corrected chi connectivity index (χ2v) is 6.68. The van der Waals surface area contributed by atoms with Crippen LogP contribution in [0.1, 0.15) is 24.2 Å². The normalized spacial score (nSPS) is 16.4. The average Bonchev–Trinajstić information content (AvgIpc) is 2.99. The third-order valence-electron chi connectivity index (χ3n) is 4.38. The molecule has 134 valence electrons. The molecule has 4 nitrogen and oxygen atoms in total. The fourth-order valence-corrected chi connectivity index (χ4v) is 3.25. The zero-order chi connectivity index (χ0) is 18.5. The Balaban J connectivity index is 1.94. The van der Waals surface area contributed by atoms with Crippen LogP contribution in [-0.4, -0.2) is 21.3 Å². The van der Waals surface area contributed by atoms with Crippen molar-refractivity contribution in [1.29, 1.82) is 0 Å². The van der Waals surface area contributed by atoms with E-state index in [-0.39, 0.29) is 5.92 Å².